The number of carbonyl (C=O) groups excluding carboxylic acids is 1. The van der Waals surface area contributed by atoms with Crippen LogP contribution in [0, 0.1) is 17.1 Å². The number of carbonyl (C=O) groups is 1. The Morgan fingerprint density at radius 1 is 1.24 bits per heavy atom. The first-order chi connectivity index (χ1) is 10.2. The van der Waals surface area contributed by atoms with Gasteiger partial charge in [0.05, 0.1) is 17.2 Å². The summed E-state index contributed by atoms with van der Waals surface area (Å²) in [5, 5.41) is 8.77. The maximum absolute atomic E-state index is 13.4. The molecule has 21 heavy (non-hydrogen) atoms. The monoisotopic (exact) mass is 301 g/mol. The predicted molar refractivity (Wildman–Crippen MR) is 78.6 cm³/mol. The number of nitrogens with zero attached hydrogens (tertiary/aromatic N) is 1. The SMILES string of the molecule is N#Cc1cccc(C(=O)OCCSc2ccccc2F)c1. The van der Waals surface area contributed by atoms with Crippen molar-refractivity contribution in [2.45, 2.75) is 4.90 Å². The summed E-state index contributed by atoms with van der Waals surface area (Å²) in [4.78, 5) is 12.3. The molecule has 0 aliphatic heterocycles. The Balaban J connectivity index is 1.82. The normalized spacial score (nSPS) is 9.90. The van der Waals surface area contributed by atoms with Crippen molar-refractivity contribution in [2.24, 2.45) is 0 Å². The molecule has 0 aliphatic carbocycles. The average Bonchev–Trinajstić information content (AvgIpc) is 2.53. The lowest BCUT2D eigenvalue weighted by Gasteiger charge is -2.05. The van der Waals surface area contributed by atoms with Gasteiger partial charge in [0.15, 0.2) is 0 Å². The predicted octanol–water partition coefficient (Wildman–Crippen LogP) is 3.65. The fraction of sp³-hybridized carbons (Fsp3) is 0.125. The molecule has 3 nitrogen and oxygen atoms in total. The van der Waals surface area contributed by atoms with Crippen LogP contribution in [-0.4, -0.2) is 18.3 Å². The molecule has 0 saturated carbocycles. The zero-order chi connectivity index (χ0) is 15.1. The van der Waals surface area contributed by atoms with Crippen molar-refractivity contribution in [1.82, 2.24) is 0 Å². The highest BCUT2D eigenvalue weighted by molar-refractivity contribution is 7.99. The first-order valence-electron chi connectivity index (χ1n) is 6.25. The maximum atomic E-state index is 13.4. The van der Waals surface area contributed by atoms with Gasteiger partial charge < -0.3 is 4.74 Å². The van der Waals surface area contributed by atoms with E-state index in [0.29, 0.717) is 21.8 Å². The highest BCUT2D eigenvalue weighted by Crippen LogP contribution is 2.20. The summed E-state index contributed by atoms with van der Waals surface area (Å²) in [7, 11) is 0. The molecule has 0 aliphatic rings. The second kappa shape index (κ2) is 7.46. The van der Waals surface area contributed by atoms with Gasteiger partial charge in [-0.25, -0.2) is 9.18 Å². The molecule has 0 unspecified atom stereocenters. The van der Waals surface area contributed by atoms with Gasteiger partial charge in [-0.2, -0.15) is 5.26 Å². The average molecular weight is 301 g/mol. The standard InChI is InChI=1S/C16H12FNO2S/c17-14-6-1-2-7-15(14)21-9-8-20-16(19)13-5-3-4-12(10-13)11-18/h1-7,10H,8-9H2. The molecular weight excluding hydrogens is 289 g/mol. The van der Waals surface area contributed by atoms with Gasteiger partial charge in [0.1, 0.15) is 12.4 Å². The quantitative estimate of drug-likeness (QED) is 0.480. The summed E-state index contributed by atoms with van der Waals surface area (Å²) < 4.78 is 18.5. The molecular formula is C16H12FNO2S. The zero-order valence-electron chi connectivity index (χ0n) is 11.1. The van der Waals surface area contributed by atoms with Gasteiger partial charge in [-0.15, -0.1) is 11.8 Å². The van der Waals surface area contributed by atoms with E-state index < -0.39 is 5.97 Å². The second-order valence-corrected chi connectivity index (χ2v) is 5.24. The number of hydrogen-bond acceptors (Lipinski definition) is 4. The first kappa shape index (κ1) is 15.1. The van der Waals surface area contributed by atoms with Gasteiger partial charge in [-0.1, -0.05) is 18.2 Å². The van der Waals surface area contributed by atoms with Crippen LogP contribution in [0.5, 0.6) is 0 Å². The molecule has 0 fully saturated rings. The first-order valence-corrected chi connectivity index (χ1v) is 7.24. The Morgan fingerprint density at radius 3 is 2.81 bits per heavy atom. The van der Waals surface area contributed by atoms with Crippen LogP contribution in [0.4, 0.5) is 4.39 Å². The van der Waals surface area contributed by atoms with Crippen molar-refractivity contribution in [3.05, 3.63) is 65.5 Å². The van der Waals surface area contributed by atoms with Crippen molar-refractivity contribution < 1.29 is 13.9 Å². The molecule has 2 aromatic carbocycles. The summed E-state index contributed by atoms with van der Waals surface area (Å²) in [6.45, 7) is 0.175. The largest absolute Gasteiger partial charge is 0.461 e. The van der Waals surface area contributed by atoms with Crippen LogP contribution in [0.3, 0.4) is 0 Å². The fourth-order valence-electron chi connectivity index (χ4n) is 1.65. The van der Waals surface area contributed by atoms with Crippen molar-refractivity contribution in [1.29, 1.82) is 5.26 Å². The van der Waals surface area contributed by atoms with E-state index in [1.807, 2.05) is 6.07 Å². The number of halogens is 1. The van der Waals surface area contributed by atoms with Gasteiger partial charge >= 0.3 is 5.97 Å². The van der Waals surface area contributed by atoms with Crippen LogP contribution in [0.15, 0.2) is 53.4 Å². The van der Waals surface area contributed by atoms with Crippen molar-refractivity contribution in [2.75, 3.05) is 12.4 Å². The summed E-state index contributed by atoms with van der Waals surface area (Å²) >= 11 is 1.29. The number of rotatable bonds is 5. The molecule has 2 rings (SSSR count). The van der Waals surface area contributed by atoms with Gasteiger partial charge in [0.2, 0.25) is 0 Å². The van der Waals surface area contributed by atoms with Crippen LogP contribution in [0.25, 0.3) is 0 Å². The number of hydrogen-bond donors (Lipinski definition) is 0. The lowest BCUT2D eigenvalue weighted by Crippen LogP contribution is -2.08. The van der Waals surface area contributed by atoms with E-state index in [1.165, 1.54) is 23.9 Å². The van der Waals surface area contributed by atoms with Crippen molar-refractivity contribution in [3.8, 4) is 6.07 Å². The number of thioether (sulfide) groups is 1. The lowest BCUT2D eigenvalue weighted by molar-refractivity contribution is 0.0530. The number of ether oxygens (including phenoxy) is 1. The molecule has 0 radical (unpaired) electrons. The Labute approximate surface area is 126 Å². The number of benzene rings is 2. The number of esters is 1. The van der Waals surface area contributed by atoms with Crippen molar-refractivity contribution in [3.63, 3.8) is 0 Å². The van der Waals surface area contributed by atoms with Gasteiger partial charge in [0, 0.05) is 10.6 Å². The summed E-state index contributed by atoms with van der Waals surface area (Å²) in [5.41, 5.74) is 0.745. The van der Waals surface area contributed by atoms with Crippen molar-refractivity contribution >= 4 is 17.7 Å². The molecule has 0 N–H and O–H groups in total. The molecule has 106 valence electrons. The van der Waals surface area contributed by atoms with Gasteiger partial charge in [-0.05, 0) is 30.3 Å². The van der Waals surface area contributed by atoms with E-state index in [2.05, 4.69) is 0 Å². The van der Waals surface area contributed by atoms with E-state index >= 15 is 0 Å². The third-order valence-corrected chi connectivity index (χ3v) is 3.65. The Hall–Kier alpha value is -2.32. The summed E-state index contributed by atoms with van der Waals surface area (Å²) in [6.07, 6.45) is 0. The molecule has 0 heterocycles. The van der Waals surface area contributed by atoms with Crippen LogP contribution in [0.1, 0.15) is 15.9 Å². The molecule has 2 aromatic rings. The van der Waals surface area contributed by atoms with Crippen LogP contribution < -0.4 is 0 Å². The Bertz CT molecular complexity index is 682. The Morgan fingerprint density at radius 2 is 2.05 bits per heavy atom. The smallest absolute Gasteiger partial charge is 0.338 e. The topological polar surface area (TPSA) is 50.1 Å². The Kier molecular flexibility index (Phi) is 5.35. The fourth-order valence-corrected chi connectivity index (χ4v) is 2.41. The minimum atomic E-state index is -0.485. The molecule has 0 bridgehead atoms. The molecule has 0 aromatic heterocycles. The van der Waals surface area contributed by atoms with Crippen LogP contribution in [-0.2, 0) is 4.74 Å². The third-order valence-electron chi connectivity index (χ3n) is 2.64. The van der Waals surface area contributed by atoms with E-state index in [-0.39, 0.29) is 12.4 Å². The number of nitriles is 1. The molecule has 5 heteroatoms. The van der Waals surface area contributed by atoms with Crippen LogP contribution >= 0.6 is 11.8 Å². The third kappa shape index (κ3) is 4.33. The van der Waals surface area contributed by atoms with E-state index in [4.69, 9.17) is 10.00 Å². The zero-order valence-corrected chi connectivity index (χ0v) is 11.9. The minimum Gasteiger partial charge on any atom is -0.461 e. The highest BCUT2D eigenvalue weighted by atomic mass is 32.2. The summed E-state index contributed by atoms with van der Waals surface area (Å²) in [5.74, 6) is -0.304. The molecule has 0 amide bonds. The molecule has 0 atom stereocenters. The minimum absolute atomic E-state index is 0.175. The lowest BCUT2D eigenvalue weighted by atomic mass is 10.1. The van der Waals surface area contributed by atoms with Gasteiger partial charge in [-0.3, -0.25) is 0 Å². The summed E-state index contributed by atoms with van der Waals surface area (Å²) in [6, 6.07) is 14.7. The van der Waals surface area contributed by atoms with Gasteiger partial charge in [0.25, 0.3) is 0 Å². The molecule has 0 saturated heterocycles. The van der Waals surface area contributed by atoms with E-state index in [9.17, 15) is 9.18 Å². The maximum Gasteiger partial charge on any atom is 0.338 e. The van der Waals surface area contributed by atoms with E-state index in [1.54, 1.807) is 36.4 Å². The van der Waals surface area contributed by atoms with E-state index in [0.717, 1.165) is 0 Å². The second-order valence-electron chi connectivity index (χ2n) is 4.11. The van der Waals surface area contributed by atoms with Crippen LogP contribution in [0.2, 0.25) is 0 Å². The highest BCUT2D eigenvalue weighted by Gasteiger charge is 2.08. The molecule has 0 spiro atoms.